The number of nitrogens with zero attached hydrogens (tertiary/aromatic N) is 4. The Morgan fingerprint density at radius 3 is 2.68 bits per heavy atom. The zero-order chi connectivity index (χ0) is 19.5. The van der Waals surface area contributed by atoms with Crippen LogP contribution >= 0.6 is 0 Å². The summed E-state index contributed by atoms with van der Waals surface area (Å²) < 4.78 is 10.6. The molecule has 1 atom stereocenters. The van der Waals surface area contributed by atoms with Crippen molar-refractivity contribution < 1.29 is 14.3 Å². The second-order valence-corrected chi connectivity index (χ2v) is 7.22. The zero-order valence-corrected chi connectivity index (χ0v) is 16.4. The number of rotatable bonds is 4. The molecule has 148 valence electrons. The van der Waals surface area contributed by atoms with Gasteiger partial charge in [0.1, 0.15) is 5.75 Å². The smallest absolute Gasteiger partial charge is 0.230 e. The van der Waals surface area contributed by atoms with Crippen molar-refractivity contribution in [3.05, 3.63) is 41.6 Å². The minimum Gasteiger partial charge on any atom is -0.497 e. The molecule has 4 rings (SSSR count). The summed E-state index contributed by atoms with van der Waals surface area (Å²) in [4.78, 5) is 26.1. The summed E-state index contributed by atoms with van der Waals surface area (Å²) in [5.41, 5.74) is 2.41. The molecule has 0 spiro atoms. The van der Waals surface area contributed by atoms with Gasteiger partial charge in [0.05, 0.1) is 20.1 Å². The predicted octanol–water partition coefficient (Wildman–Crippen LogP) is 2.26. The van der Waals surface area contributed by atoms with E-state index in [4.69, 9.17) is 9.47 Å². The highest BCUT2D eigenvalue weighted by Crippen LogP contribution is 2.35. The summed E-state index contributed by atoms with van der Waals surface area (Å²) in [5, 5.41) is 0. The predicted molar refractivity (Wildman–Crippen MR) is 106 cm³/mol. The number of carbonyl (C=O) groups excluding carboxylic acids is 1. The lowest BCUT2D eigenvalue weighted by Crippen LogP contribution is -2.50. The first-order valence-electron chi connectivity index (χ1n) is 9.77. The van der Waals surface area contributed by atoms with Crippen LogP contribution in [-0.2, 0) is 11.2 Å². The number of aryl methyl sites for hydroxylation is 1. The fraction of sp³-hybridized carbons (Fsp3) is 0.476. The van der Waals surface area contributed by atoms with Crippen LogP contribution < -0.4 is 14.4 Å². The van der Waals surface area contributed by atoms with Crippen LogP contribution in [0.15, 0.2) is 30.5 Å². The molecule has 2 aromatic rings. The number of fused-ring (bicyclic) bond motifs is 1. The number of ether oxygens (including phenoxy) is 2. The molecule has 7 heteroatoms. The second kappa shape index (κ2) is 8.04. The van der Waals surface area contributed by atoms with E-state index in [0.29, 0.717) is 24.9 Å². The van der Waals surface area contributed by atoms with E-state index in [-0.39, 0.29) is 11.8 Å². The monoisotopic (exact) mass is 382 g/mol. The molecule has 0 saturated carbocycles. The fourth-order valence-electron chi connectivity index (χ4n) is 4.11. The van der Waals surface area contributed by atoms with Crippen molar-refractivity contribution in [2.75, 3.05) is 45.3 Å². The van der Waals surface area contributed by atoms with Crippen LogP contribution in [0.1, 0.15) is 29.9 Å². The van der Waals surface area contributed by atoms with E-state index >= 15 is 0 Å². The minimum absolute atomic E-state index is 0.0709. The highest BCUT2D eigenvalue weighted by atomic mass is 16.5. The van der Waals surface area contributed by atoms with Gasteiger partial charge in [-0.3, -0.25) is 4.79 Å². The van der Waals surface area contributed by atoms with Gasteiger partial charge in [-0.05, 0) is 42.5 Å². The van der Waals surface area contributed by atoms with Gasteiger partial charge in [-0.2, -0.15) is 4.98 Å². The average molecular weight is 382 g/mol. The molecule has 1 unspecified atom stereocenters. The van der Waals surface area contributed by atoms with Crippen LogP contribution in [0.3, 0.4) is 0 Å². The highest BCUT2D eigenvalue weighted by Gasteiger charge is 2.32. The standard InChI is InChI=1S/C21H26N4O3/c1-27-16-7-6-15-4-3-5-17(18(15)14-16)20(26)24-10-12-25(13-11-24)21-22-9-8-19(23-21)28-2/h6-9,14,17H,3-5,10-13H2,1-2H3. The van der Waals surface area contributed by atoms with Crippen LogP contribution in [0.5, 0.6) is 11.6 Å². The lowest BCUT2D eigenvalue weighted by molar-refractivity contribution is -0.133. The van der Waals surface area contributed by atoms with Crippen LogP contribution in [0.25, 0.3) is 0 Å². The molecule has 0 bridgehead atoms. The molecule has 0 radical (unpaired) electrons. The van der Waals surface area contributed by atoms with Crippen molar-refractivity contribution in [1.29, 1.82) is 0 Å². The quantitative estimate of drug-likeness (QED) is 0.808. The lowest BCUT2D eigenvalue weighted by Gasteiger charge is -2.37. The van der Waals surface area contributed by atoms with Gasteiger partial charge in [-0.1, -0.05) is 6.07 Å². The Bertz CT molecular complexity index is 849. The summed E-state index contributed by atoms with van der Waals surface area (Å²) in [6.45, 7) is 2.79. The fourth-order valence-corrected chi connectivity index (χ4v) is 4.11. The van der Waals surface area contributed by atoms with Gasteiger partial charge < -0.3 is 19.3 Å². The Balaban J connectivity index is 1.45. The Morgan fingerprint density at radius 1 is 1.11 bits per heavy atom. The first-order valence-corrected chi connectivity index (χ1v) is 9.77. The third kappa shape index (κ3) is 3.61. The second-order valence-electron chi connectivity index (χ2n) is 7.22. The third-order valence-corrected chi connectivity index (χ3v) is 5.67. The molecule has 2 aliphatic rings. The van der Waals surface area contributed by atoms with Crippen molar-refractivity contribution in [2.45, 2.75) is 25.2 Å². The van der Waals surface area contributed by atoms with Crippen molar-refractivity contribution in [3.63, 3.8) is 0 Å². The van der Waals surface area contributed by atoms with E-state index in [9.17, 15) is 4.79 Å². The molecule has 1 aromatic heterocycles. The number of carbonyl (C=O) groups is 1. The van der Waals surface area contributed by atoms with Gasteiger partial charge >= 0.3 is 0 Å². The number of amides is 1. The number of benzene rings is 1. The molecule has 1 aliphatic carbocycles. The van der Waals surface area contributed by atoms with Crippen molar-refractivity contribution >= 4 is 11.9 Å². The summed E-state index contributed by atoms with van der Waals surface area (Å²) in [6, 6.07) is 7.86. The number of aromatic nitrogens is 2. The first kappa shape index (κ1) is 18.5. The molecule has 28 heavy (non-hydrogen) atoms. The van der Waals surface area contributed by atoms with E-state index in [1.165, 1.54) is 5.56 Å². The van der Waals surface area contributed by atoms with Crippen LogP contribution in [0.2, 0.25) is 0 Å². The zero-order valence-electron chi connectivity index (χ0n) is 16.4. The van der Waals surface area contributed by atoms with Gasteiger partial charge in [0.25, 0.3) is 0 Å². The number of piperazine rings is 1. The Kier molecular flexibility index (Phi) is 5.32. The summed E-state index contributed by atoms with van der Waals surface area (Å²) in [5.74, 6) is 2.17. The van der Waals surface area contributed by atoms with Gasteiger partial charge in [0.15, 0.2) is 0 Å². The topological polar surface area (TPSA) is 67.8 Å². The van der Waals surface area contributed by atoms with Crippen LogP contribution in [0, 0.1) is 0 Å². The van der Waals surface area contributed by atoms with E-state index in [2.05, 4.69) is 20.9 Å². The van der Waals surface area contributed by atoms with Crippen LogP contribution in [-0.4, -0.2) is 61.2 Å². The molecule has 0 N–H and O–H groups in total. The van der Waals surface area contributed by atoms with Gasteiger partial charge in [0, 0.05) is 38.4 Å². The maximum atomic E-state index is 13.3. The molecule has 7 nitrogen and oxygen atoms in total. The van der Waals surface area contributed by atoms with E-state index in [0.717, 1.165) is 43.7 Å². The summed E-state index contributed by atoms with van der Waals surface area (Å²) >= 11 is 0. The molecule has 1 aromatic carbocycles. The largest absolute Gasteiger partial charge is 0.497 e. The Labute approximate surface area is 165 Å². The highest BCUT2D eigenvalue weighted by molar-refractivity contribution is 5.85. The van der Waals surface area contributed by atoms with Gasteiger partial charge in [-0.25, -0.2) is 4.98 Å². The normalized spacial score (nSPS) is 19.1. The Morgan fingerprint density at radius 2 is 1.93 bits per heavy atom. The summed E-state index contributed by atoms with van der Waals surface area (Å²) in [7, 11) is 3.26. The summed E-state index contributed by atoms with van der Waals surface area (Å²) in [6.07, 6.45) is 4.68. The third-order valence-electron chi connectivity index (χ3n) is 5.67. The van der Waals surface area contributed by atoms with E-state index in [1.54, 1.807) is 26.5 Å². The van der Waals surface area contributed by atoms with Gasteiger partial charge in [-0.15, -0.1) is 0 Å². The minimum atomic E-state index is -0.0709. The number of hydrogen-bond acceptors (Lipinski definition) is 6. The maximum absolute atomic E-state index is 13.3. The molecular weight excluding hydrogens is 356 g/mol. The Hall–Kier alpha value is -2.83. The molecule has 1 fully saturated rings. The van der Waals surface area contributed by atoms with Gasteiger partial charge in [0.2, 0.25) is 17.7 Å². The first-order chi connectivity index (χ1) is 13.7. The van der Waals surface area contributed by atoms with Crippen LogP contribution in [0.4, 0.5) is 5.95 Å². The maximum Gasteiger partial charge on any atom is 0.230 e. The molecule has 1 saturated heterocycles. The molecule has 2 heterocycles. The van der Waals surface area contributed by atoms with E-state index < -0.39 is 0 Å². The molecule has 1 aliphatic heterocycles. The molecular formula is C21H26N4O3. The van der Waals surface area contributed by atoms with E-state index in [1.807, 2.05) is 17.0 Å². The molecule has 1 amide bonds. The number of anilines is 1. The van der Waals surface area contributed by atoms with Crippen molar-refractivity contribution in [1.82, 2.24) is 14.9 Å². The SMILES string of the molecule is COc1ccc2c(c1)C(C(=O)N1CCN(c3nccc(OC)n3)CC1)CCC2. The number of methoxy groups -OCH3 is 2. The lowest BCUT2D eigenvalue weighted by atomic mass is 9.81. The van der Waals surface area contributed by atoms with Crippen molar-refractivity contribution in [2.24, 2.45) is 0 Å². The average Bonchev–Trinajstić information content (AvgIpc) is 2.78. The van der Waals surface area contributed by atoms with Crippen molar-refractivity contribution in [3.8, 4) is 11.6 Å². The number of hydrogen-bond donors (Lipinski definition) is 0.